The van der Waals surface area contributed by atoms with Gasteiger partial charge in [-0.3, -0.25) is 0 Å². The first kappa shape index (κ1) is 12.9. The van der Waals surface area contributed by atoms with E-state index in [1.54, 1.807) is 11.3 Å². The molecule has 21 heavy (non-hydrogen) atoms. The van der Waals surface area contributed by atoms with Crippen LogP contribution in [0, 0.1) is 0 Å². The van der Waals surface area contributed by atoms with Gasteiger partial charge in [-0.1, -0.05) is 60.9 Å². The van der Waals surface area contributed by atoms with E-state index in [0.29, 0.717) is 0 Å². The first-order valence-electron chi connectivity index (χ1n) is 7.33. The fourth-order valence-corrected chi connectivity index (χ4v) is 3.98. The number of nitrogens with two attached hydrogens (primary N) is 1. The highest BCUT2D eigenvalue weighted by Gasteiger charge is 2.33. The molecule has 2 heterocycles. The van der Waals surface area contributed by atoms with Crippen molar-refractivity contribution in [2.24, 2.45) is 5.73 Å². The van der Waals surface area contributed by atoms with Gasteiger partial charge in [0.2, 0.25) is 4.96 Å². The summed E-state index contributed by atoms with van der Waals surface area (Å²) >= 11 is 1.57. The summed E-state index contributed by atoms with van der Waals surface area (Å²) in [6.07, 6.45) is 5.66. The summed E-state index contributed by atoms with van der Waals surface area (Å²) in [4.78, 5) is 0.819. The molecule has 0 aliphatic heterocycles. The Labute approximate surface area is 126 Å². The fourth-order valence-electron chi connectivity index (χ4n) is 2.98. The van der Waals surface area contributed by atoms with E-state index in [4.69, 9.17) is 10.8 Å². The van der Waals surface area contributed by atoms with Crippen molar-refractivity contribution in [2.75, 3.05) is 0 Å². The molecule has 0 amide bonds. The third kappa shape index (κ3) is 2.15. The van der Waals surface area contributed by atoms with Gasteiger partial charge >= 0.3 is 0 Å². The second-order valence-electron chi connectivity index (χ2n) is 5.71. The molecule has 1 aromatic carbocycles. The summed E-state index contributed by atoms with van der Waals surface area (Å²) in [7, 11) is 0. The van der Waals surface area contributed by atoms with Crippen LogP contribution in [-0.2, 0) is 5.54 Å². The second kappa shape index (κ2) is 4.89. The molecule has 5 nitrogen and oxygen atoms in total. The molecule has 4 rings (SSSR count). The van der Waals surface area contributed by atoms with E-state index < -0.39 is 0 Å². The summed E-state index contributed by atoms with van der Waals surface area (Å²) in [5.74, 6) is 0.785. The summed E-state index contributed by atoms with van der Waals surface area (Å²) in [5, 5.41) is 14.2. The SMILES string of the molecule is NC1(c2nn3c(-c4ccccc4)nnc3s2)CCCCC1. The predicted molar refractivity (Wildman–Crippen MR) is 83.0 cm³/mol. The first-order valence-corrected chi connectivity index (χ1v) is 8.15. The molecule has 1 aliphatic rings. The third-order valence-corrected chi connectivity index (χ3v) is 5.31. The highest BCUT2D eigenvalue weighted by molar-refractivity contribution is 7.16. The summed E-state index contributed by atoms with van der Waals surface area (Å²) < 4.78 is 1.83. The molecule has 1 saturated carbocycles. The maximum atomic E-state index is 6.58. The molecule has 3 aromatic rings. The summed E-state index contributed by atoms with van der Waals surface area (Å²) in [6.45, 7) is 0. The van der Waals surface area contributed by atoms with E-state index in [1.807, 2.05) is 34.8 Å². The molecule has 0 bridgehead atoms. The number of benzene rings is 1. The Morgan fingerprint density at radius 3 is 2.57 bits per heavy atom. The van der Waals surface area contributed by atoms with Gasteiger partial charge in [-0.2, -0.15) is 9.61 Å². The summed E-state index contributed by atoms with van der Waals surface area (Å²) in [5.41, 5.74) is 7.32. The van der Waals surface area contributed by atoms with E-state index >= 15 is 0 Å². The minimum Gasteiger partial charge on any atom is -0.319 e. The van der Waals surface area contributed by atoms with Crippen LogP contribution in [0.2, 0.25) is 0 Å². The van der Waals surface area contributed by atoms with Gasteiger partial charge in [-0.15, -0.1) is 10.2 Å². The first-order chi connectivity index (χ1) is 10.3. The van der Waals surface area contributed by atoms with Crippen LogP contribution in [0.1, 0.15) is 37.1 Å². The van der Waals surface area contributed by atoms with Gasteiger partial charge in [0.15, 0.2) is 5.82 Å². The van der Waals surface area contributed by atoms with E-state index in [-0.39, 0.29) is 5.54 Å². The van der Waals surface area contributed by atoms with Crippen molar-refractivity contribution in [3.63, 3.8) is 0 Å². The third-order valence-electron chi connectivity index (χ3n) is 4.19. The zero-order valence-corrected chi connectivity index (χ0v) is 12.5. The van der Waals surface area contributed by atoms with Crippen molar-refractivity contribution in [1.82, 2.24) is 19.8 Å². The fraction of sp³-hybridized carbons (Fsp3) is 0.400. The van der Waals surface area contributed by atoms with E-state index in [1.165, 1.54) is 19.3 Å². The Bertz CT molecular complexity index is 755. The minimum absolute atomic E-state index is 0.280. The predicted octanol–water partition coefficient (Wildman–Crippen LogP) is 2.97. The van der Waals surface area contributed by atoms with E-state index in [9.17, 15) is 0 Å². The largest absolute Gasteiger partial charge is 0.319 e. The Kier molecular flexibility index (Phi) is 3.01. The van der Waals surface area contributed by atoms with Crippen molar-refractivity contribution in [1.29, 1.82) is 0 Å². The van der Waals surface area contributed by atoms with Crippen LogP contribution in [0.3, 0.4) is 0 Å². The van der Waals surface area contributed by atoms with Gasteiger partial charge in [0.1, 0.15) is 5.01 Å². The Hall–Kier alpha value is -1.79. The molecule has 0 atom stereocenters. The molecule has 6 heteroatoms. The van der Waals surface area contributed by atoms with Gasteiger partial charge in [0.05, 0.1) is 5.54 Å². The van der Waals surface area contributed by atoms with Crippen LogP contribution >= 0.6 is 11.3 Å². The van der Waals surface area contributed by atoms with Crippen LogP contribution in [-0.4, -0.2) is 19.8 Å². The highest BCUT2D eigenvalue weighted by atomic mass is 32.1. The Balaban J connectivity index is 1.79. The van der Waals surface area contributed by atoms with Crippen molar-refractivity contribution in [3.8, 4) is 11.4 Å². The minimum atomic E-state index is -0.280. The number of hydrogen-bond donors (Lipinski definition) is 1. The Morgan fingerprint density at radius 2 is 1.81 bits per heavy atom. The highest BCUT2D eigenvalue weighted by Crippen LogP contribution is 2.37. The maximum absolute atomic E-state index is 6.58. The molecular weight excluding hydrogens is 282 g/mol. The van der Waals surface area contributed by atoms with Crippen LogP contribution < -0.4 is 5.73 Å². The number of hydrogen-bond acceptors (Lipinski definition) is 5. The molecule has 0 spiro atoms. The molecule has 0 unspecified atom stereocenters. The van der Waals surface area contributed by atoms with Crippen molar-refractivity contribution < 1.29 is 0 Å². The van der Waals surface area contributed by atoms with Crippen LogP contribution in [0.5, 0.6) is 0 Å². The standard InChI is InChI=1S/C15H17N5S/c16-15(9-5-2-6-10-15)13-19-20-12(17-18-14(20)21-13)11-7-3-1-4-8-11/h1,3-4,7-8H,2,5-6,9-10,16H2. The van der Waals surface area contributed by atoms with E-state index in [0.717, 1.165) is 34.2 Å². The zero-order valence-electron chi connectivity index (χ0n) is 11.7. The van der Waals surface area contributed by atoms with Crippen molar-refractivity contribution in [3.05, 3.63) is 35.3 Å². The van der Waals surface area contributed by atoms with Gasteiger partial charge < -0.3 is 5.73 Å². The number of fused-ring (bicyclic) bond motifs is 1. The molecular formula is C15H17N5S. The molecule has 2 aromatic heterocycles. The number of aromatic nitrogens is 4. The second-order valence-corrected chi connectivity index (χ2v) is 6.66. The smallest absolute Gasteiger partial charge is 0.235 e. The number of rotatable bonds is 2. The van der Waals surface area contributed by atoms with Gasteiger partial charge in [0, 0.05) is 5.56 Å². The van der Waals surface area contributed by atoms with Gasteiger partial charge in [-0.05, 0) is 12.8 Å². The maximum Gasteiger partial charge on any atom is 0.235 e. The molecule has 108 valence electrons. The number of nitrogens with zero attached hydrogens (tertiary/aromatic N) is 4. The lowest BCUT2D eigenvalue weighted by Gasteiger charge is -2.30. The summed E-state index contributed by atoms with van der Waals surface area (Å²) in [6, 6.07) is 10.0. The molecule has 0 saturated heterocycles. The van der Waals surface area contributed by atoms with Gasteiger partial charge in [0.25, 0.3) is 0 Å². The van der Waals surface area contributed by atoms with Crippen LogP contribution in [0.4, 0.5) is 0 Å². The lowest BCUT2D eigenvalue weighted by molar-refractivity contribution is 0.299. The van der Waals surface area contributed by atoms with Crippen molar-refractivity contribution in [2.45, 2.75) is 37.6 Å². The normalized spacial score (nSPS) is 18.1. The lowest BCUT2D eigenvalue weighted by Crippen LogP contribution is -2.38. The van der Waals surface area contributed by atoms with Crippen molar-refractivity contribution >= 4 is 16.3 Å². The van der Waals surface area contributed by atoms with Crippen LogP contribution in [0.15, 0.2) is 30.3 Å². The Morgan fingerprint density at radius 1 is 1.05 bits per heavy atom. The van der Waals surface area contributed by atoms with Gasteiger partial charge in [-0.25, -0.2) is 0 Å². The average molecular weight is 299 g/mol. The molecule has 1 aliphatic carbocycles. The topological polar surface area (TPSA) is 69.1 Å². The molecule has 0 radical (unpaired) electrons. The zero-order chi connectivity index (χ0) is 14.3. The average Bonchev–Trinajstić information content (AvgIpc) is 3.09. The lowest BCUT2D eigenvalue weighted by atomic mass is 9.83. The molecule has 2 N–H and O–H groups in total. The molecule has 1 fully saturated rings. The van der Waals surface area contributed by atoms with Crippen LogP contribution in [0.25, 0.3) is 16.3 Å². The monoisotopic (exact) mass is 299 g/mol. The van der Waals surface area contributed by atoms with E-state index in [2.05, 4.69) is 10.2 Å². The quantitative estimate of drug-likeness (QED) is 0.790.